The fourth-order valence-corrected chi connectivity index (χ4v) is 3.07. The summed E-state index contributed by atoms with van der Waals surface area (Å²) in [6.07, 6.45) is 3.92. The zero-order valence-corrected chi connectivity index (χ0v) is 14.5. The average molecular weight is 309 g/mol. The third-order valence-electron chi connectivity index (χ3n) is 4.37. The molecule has 1 saturated carbocycles. The number of hydrogen-bond donors (Lipinski definition) is 1. The van der Waals surface area contributed by atoms with Crippen molar-refractivity contribution in [2.24, 2.45) is 11.8 Å². The molecule has 1 aromatic rings. The van der Waals surface area contributed by atoms with Crippen molar-refractivity contribution in [3.8, 4) is 0 Å². The molecule has 0 amide bonds. The standard InChI is InChI=1S/C18H29ClN2/c1-13(2)11-17(21(3)4)12-20-18(14-5-6-14)15-7-9-16(19)10-8-15/h7-10,13-14,17-18,20H,5-6,11-12H2,1-4H3. The first-order chi connectivity index (χ1) is 9.97. The van der Waals surface area contributed by atoms with E-state index in [0.29, 0.717) is 12.1 Å². The minimum absolute atomic E-state index is 0.483. The second-order valence-electron chi connectivity index (χ2n) is 7.02. The molecule has 21 heavy (non-hydrogen) atoms. The minimum atomic E-state index is 0.483. The molecule has 0 saturated heterocycles. The Labute approximate surface area is 134 Å². The minimum Gasteiger partial charge on any atom is -0.308 e. The Hall–Kier alpha value is -0.570. The molecule has 0 radical (unpaired) electrons. The Kier molecular flexibility index (Phi) is 6.09. The molecule has 118 valence electrons. The first kappa shape index (κ1) is 16.8. The van der Waals surface area contributed by atoms with E-state index < -0.39 is 0 Å². The summed E-state index contributed by atoms with van der Waals surface area (Å²) in [6.45, 7) is 5.65. The van der Waals surface area contributed by atoms with E-state index in [0.717, 1.165) is 23.4 Å². The van der Waals surface area contributed by atoms with Crippen molar-refractivity contribution in [2.75, 3.05) is 20.6 Å². The Morgan fingerprint density at radius 2 is 1.81 bits per heavy atom. The van der Waals surface area contributed by atoms with Gasteiger partial charge in [-0.2, -0.15) is 0 Å². The maximum absolute atomic E-state index is 6.01. The van der Waals surface area contributed by atoms with Crippen LogP contribution in [0.4, 0.5) is 0 Å². The molecule has 0 heterocycles. The normalized spacial score (nSPS) is 18.2. The fourth-order valence-electron chi connectivity index (χ4n) is 2.94. The van der Waals surface area contributed by atoms with Gasteiger partial charge in [-0.1, -0.05) is 37.6 Å². The van der Waals surface area contributed by atoms with Crippen LogP contribution in [0, 0.1) is 11.8 Å². The van der Waals surface area contributed by atoms with Gasteiger partial charge in [0.1, 0.15) is 0 Å². The predicted molar refractivity (Wildman–Crippen MR) is 91.8 cm³/mol. The van der Waals surface area contributed by atoms with Crippen LogP contribution in [0.15, 0.2) is 24.3 Å². The van der Waals surface area contributed by atoms with Crippen LogP contribution < -0.4 is 5.32 Å². The summed E-state index contributed by atoms with van der Waals surface area (Å²) in [4.78, 5) is 2.35. The highest BCUT2D eigenvalue weighted by molar-refractivity contribution is 6.30. The smallest absolute Gasteiger partial charge is 0.0406 e. The molecule has 0 aromatic heterocycles. The number of rotatable bonds is 8. The third kappa shape index (κ3) is 5.28. The number of likely N-dealkylation sites (N-methyl/N-ethyl adjacent to an activating group) is 1. The zero-order valence-electron chi connectivity index (χ0n) is 13.8. The summed E-state index contributed by atoms with van der Waals surface area (Å²) in [5, 5.41) is 4.64. The van der Waals surface area contributed by atoms with Crippen molar-refractivity contribution in [3.05, 3.63) is 34.9 Å². The molecule has 0 spiro atoms. The van der Waals surface area contributed by atoms with Crippen LogP contribution in [0.2, 0.25) is 5.02 Å². The maximum Gasteiger partial charge on any atom is 0.0406 e. The highest BCUT2D eigenvalue weighted by Gasteiger charge is 2.32. The molecule has 0 aliphatic heterocycles. The molecular weight excluding hydrogens is 280 g/mol. The second kappa shape index (κ2) is 7.62. The van der Waals surface area contributed by atoms with Gasteiger partial charge in [-0.25, -0.2) is 0 Å². The number of hydrogen-bond acceptors (Lipinski definition) is 2. The molecule has 2 nitrogen and oxygen atoms in total. The molecule has 2 unspecified atom stereocenters. The number of halogens is 1. The zero-order chi connectivity index (χ0) is 15.4. The van der Waals surface area contributed by atoms with Gasteiger partial charge in [0.25, 0.3) is 0 Å². The largest absolute Gasteiger partial charge is 0.308 e. The SMILES string of the molecule is CC(C)CC(CNC(c1ccc(Cl)cc1)C1CC1)N(C)C. The Morgan fingerprint density at radius 3 is 2.29 bits per heavy atom. The van der Waals surface area contributed by atoms with Crippen LogP contribution in [0.5, 0.6) is 0 Å². The molecule has 3 heteroatoms. The van der Waals surface area contributed by atoms with E-state index in [1.807, 2.05) is 12.1 Å². The molecule has 1 aliphatic rings. The van der Waals surface area contributed by atoms with Gasteiger partial charge in [-0.05, 0) is 62.9 Å². The van der Waals surface area contributed by atoms with Gasteiger partial charge in [0.05, 0.1) is 0 Å². The highest BCUT2D eigenvalue weighted by atomic mass is 35.5. The van der Waals surface area contributed by atoms with Crippen LogP contribution in [-0.4, -0.2) is 31.6 Å². The summed E-state index contributed by atoms with van der Waals surface area (Å²) in [7, 11) is 4.37. The van der Waals surface area contributed by atoms with Gasteiger partial charge in [0.15, 0.2) is 0 Å². The van der Waals surface area contributed by atoms with Crippen LogP contribution >= 0.6 is 11.6 Å². The van der Waals surface area contributed by atoms with Crippen molar-refractivity contribution in [1.29, 1.82) is 0 Å². The molecule has 2 atom stereocenters. The van der Waals surface area contributed by atoms with Crippen LogP contribution in [0.25, 0.3) is 0 Å². The van der Waals surface area contributed by atoms with E-state index in [4.69, 9.17) is 11.6 Å². The summed E-state index contributed by atoms with van der Waals surface area (Å²) in [6, 6.07) is 9.43. The molecule has 1 aliphatic carbocycles. The van der Waals surface area contributed by atoms with Gasteiger partial charge in [-0.15, -0.1) is 0 Å². The molecule has 1 fully saturated rings. The van der Waals surface area contributed by atoms with E-state index in [1.165, 1.54) is 24.8 Å². The van der Waals surface area contributed by atoms with Crippen molar-refractivity contribution in [2.45, 2.75) is 45.2 Å². The monoisotopic (exact) mass is 308 g/mol. The van der Waals surface area contributed by atoms with Crippen LogP contribution in [0.1, 0.15) is 44.7 Å². The van der Waals surface area contributed by atoms with E-state index in [2.05, 4.69) is 50.3 Å². The van der Waals surface area contributed by atoms with Gasteiger partial charge < -0.3 is 10.2 Å². The second-order valence-corrected chi connectivity index (χ2v) is 7.46. The molecule has 2 rings (SSSR count). The molecular formula is C18H29ClN2. The van der Waals surface area contributed by atoms with Crippen molar-refractivity contribution in [1.82, 2.24) is 10.2 Å². The predicted octanol–water partition coefficient (Wildman–Crippen LogP) is 4.36. The van der Waals surface area contributed by atoms with Crippen molar-refractivity contribution in [3.63, 3.8) is 0 Å². The lowest BCUT2D eigenvalue weighted by Crippen LogP contribution is -2.40. The average Bonchev–Trinajstić information content (AvgIpc) is 3.23. The third-order valence-corrected chi connectivity index (χ3v) is 4.62. The topological polar surface area (TPSA) is 15.3 Å². The highest BCUT2D eigenvalue weighted by Crippen LogP contribution is 2.41. The Bertz CT molecular complexity index is 423. The lowest BCUT2D eigenvalue weighted by Gasteiger charge is -2.29. The Morgan fingerprint density at radius 1 is 1.19 bits per heavy atom. The van der Waals surface area contributed by atoms with Crippen molar-refractivity contribution >= 4 is 11.6 Å². The maximum atomic E-state index is 6.01. The lowest BCUT2D eigenvalue weighted by atomic mass is 9.99. The summed E-state index contributed by atoms with van der Waals surface area (Å²) < 4.78 is 0. The molecule has 0 bridgehead atoms. The van der Waals surface area contributed by atoms with Crippen LogP contribution in [-0.2, 0) is 0 Å². The quantitative estimate of drug-likeness (QED) is 0.767. The van der Waals surface area contributed by atoms with Gasteiger partial charge in [-0.3, -0.25) is 0 Å². The first-order valence-electron chi connectivity index (χ1n) is 8.12. The lowest BCUT2D eigenvalue weighted by molar-refractivity contribution is 0.237. The Balaban J connectivity index is 1.98. The summed E-state index contributed by atoms with van der Waals surface area (Å²) in [5.74, 6) is 1.53. The number of nitrogens with one attached hydrogen (secondary N) is 1. The van der Waals surface area contributed by atoms with Crippen molar-refractivity contribution < 1.29 is 0 Å². The van der Waals surface area contributed by atoms with E-state index in [1.54, 1.807) is 0 Å². The fraction of sp³-hybridized carbons (Fsp3) is 0.667. The summed E-state index contributed by atoms with van der Waals surface area (Å²) in [5.41, 5.74) is 1.38. The molecule has 1 N–H and O–H groups in total. The van der Waals surface area contributed by atoms with Gasteiger partial charge in [0, 0.05) is 23.7 Å². The van der Waals surface area contributed by atoms with Gasteiger partial charge >= 0.3 is 0 Å². The number of nitrogens with zero attached hydrogens (tertiary/aromatic N) is 1. The first-order valence-corrected chi connectivity index (χ1v) is 8.50. The van der Waals surface area contributed by atoms with E-state index >= 15 is 0 Å². The van der Waals surface area contributed by atoms with E-state index in [-0.39, 0.29) is 0 Å². The van der Waals surface area contributed by atoms with Gasteiger partial charge in [0.2, 0.25) is 0 Å². The molecule has 1 aromatic carbocycles. The van der Waals surface area contributed by atoms with Crippen LogP contribution in [0.3, 0.4) is 0 Å². The van der Waals surface area contributed by atoms with E-state index in [9.17, 15) is 0 Å². The number of benzene rings is 1. The summed E-state index contributed by atoms with van der Waals surface area (Å²) >= 11 is 6.01.